The molecule has 0 fully saturated rings. The maximum Gasteiger partial charge on any atom is 0.315 e. The third-order valence-electron chi connectivity index (χ3n) is 2.17. The Morgan fingerprint density at radius 2 is 1.95 bits per heavy atom. The molecule has 0 aliphatic rings. The molecule has 2 aromatic rings. The molecule has 2 N–H and O–H groups in total. The second kappa shape index (κ2) is 4.98. The van der Waals surface area contributed by atoms with E-state index >= 15 is 0 Å². The van der Waals surface area contributed by atoms with Gasteiger partial charge in [0.15, 0.2) is 15.7 Å². The predicted molar refractivity (Wildman–Crippen MR) is 65.2 cm³/mol. The van der Waals surface area contributed by atoms with Crippen LogP contribution in [-0.4, -0.2) is 24.5 Å². The van der Waals surface area contributed by atoms with Crippen molar-refractivity contribution in [3.05, 3.63) is 41.0 Å². The van der Waals surface area contributed by atoms with Crippen molar-refractivity contribution in [3.63, 3.8) is 0 Å². The Balaban J connectivity index is 2.25. The minimum Gasteiger partial charge on any atom is -0.361 e. The SMILES string of the molecule is NC(=O)c1nc(CS(=O)(=O)c2ccc(Cl)cc2)no1. The molecule has 0 saturated heterocycles. The maximum absolute atomic E-state index is 12.0. The average molecular weight is 302 g/mol. The number of halogens is 1. The quantitative estimate of drug-likeness (QED) is 0.892. The lowest BCUT2D eigenvalue weighted by Gasteiger charge is -2.01. The first-order valence-electron chi connectivity index (χ1n) is 4.99. The van der Waals surface area contributed by atoms with Crippen LogP contribution in [0.1, 0.15) is 16.5 Å². The van der Waals surface area contributed by atoms with Crippen LogP contribution in [0.3, 0.4) is 0 Å². The van der Waals surface area contributed by atoms with Crippen LogP contribution in [0.2, 0.25) is 5.02 Å². The largest absolute Gasteiger partial charge is 0.361 e. The number of rotatable bonds is 4. The maximum atomic E-state index is 12.0. The molecular formula is C10H8ClN3O4S. The first-order chi connectivity index (χ1) is 8.88. The van der Waals surface area contributed by atoms with Crippen LogP contribution < -0.4 is 5.73 Å². The molecule has 1 heterocycles. The molecule has 0 spiro atoms. The Morgan fingerprint density at radius 3 is 2.47 bits per heavy atom. The molecule has 1 aromatic heterocycles. The van der Waals surface area contributed by atoms with Crippen molar-refractivity contribution >= 4 is 27.3 Å². The Hall–Kier alpha value is -1.93. The van der Waals surface area contributed by atoms with Gasteiger partial charge in [-0.1, -0.05) is 16.8 Å². The molecule has 0 atom stereocenters. The van der Waals surface area contributed by atoms with Crippen molar-refractivity contribution in [2.45, 2.75) is 10.6 Å². The van der Waals surface area contributed by atoms with Crippen molar-refractivity contribution in [2.24, 2.45) is 5.73 Å². The van der Waals surface area contributed by atoms with Crippen molar-refractivity contribution in [2.75, 3.05) is 0 Å². The van der Waals surface area contributed by atoms with E-state index in [-0.39, 0.29) is 10.7 Å². The third kappa shape index (κ3) is 3.09. The Bertz CT molecular complexity index is 709. The van der Waals surface area contributed by atoms with Gasteiger partial charge in [-0.3, -0.25) is 4.79 Å². The van der Waals surface area contributed by atoms with E-state index in [2.05, 4.69) is 14.7 Å². The lowest BCUT2D eigenvalue weighted by molar-refractivity contribution is 0.0958. The zero-order chi connectivity index (χ0) is 14.0. The van der Waals surface area contributed by atoms with Gasteiger partial charge in [-0.05, 0) is 24.3 Å². The van der Waals surface area contributed by atoms with E-state index in [1.54, 1.807) is 0 Å². The summed E-state index contributed by atoms with van der Waals surface area (Å²) in [5, 5.41) is 3.80. The molecule has 2 rings (SSSR count). The van der Waals surface area contributed by atoms with E-state index in [9.17, 15) is 13.2 Å². The number of sulfone groups is 1. The van der Waals surface area contributed by atoms with E-state index in [0.717, 1.165) is 0 Å². The van der Waals surface area contributed by atoms with Gasteiger partial charge >= 0.3 is 11.8 Å². The van der Waals surface area contributed by atoms with Crippen LogP contribution in [0.25, 0.3) is 0 Å². The molecule has 0 saturated carbocycles. The second-order valence-corrected chi connectivity index (χ2v) is 6.02. The van der Waals surface area contributed by atoms with Crippen LogP contribution in [0.15, 0.2) is 33.7 Å². The summed E-state index contributed by atoms with van der Waals surface area (Å²) in [6, 6.07) is 5.65. The number of benzene rings is 1. The minimum absolute atomic E-state index is 0.0716. The highest BCUT2D eigenvalue weighted by Gasteiger charge is 2.20. The normalized spacial score (nSPS) is 11.4. The molecular weight excluding hydrogens is 294 g/mol. The number of hydrogen-bond acceptors (Lipinski definition) is 6. The molecule has 19 heavy (non-hydrogen) atoms. The van der Waals surface area contributed by atoms with Crippen molar-refractivity contribution in [1.29, 1.82) is 0 Å². The van der Waals surface area contributed by atoms with Gasteiger partial charge in [0.25, 0.3) is 0 Å². The lowest BCUT2D eigenvalue weighted by atomic mass is 10.4. The standard InChI is InChI=1S/C10H8ClN3O4S/c11-6-1-3-7(4-2-6)19(16,17)5-8-13-10(9(12)15)18-14-8/h1-4H,5H2,(H2,12,15). The van der Waals surface area contributed by atoms with E-state index in [4.69, 9.17) is 17.3 Å². The van der Waals surface area contributed by atoms with Crippen LogP contribution in [-0.2, 0) is 15.6 Å². The fraction of sp³-hybridized carbons (Fsp3) is 0.100. The first kappa shape index (κ1) is 13.5. The Morgan fingerprint density at radius 1 is 1.32 bits per heavy atom. The molecule has 0 unspecified atom stereocenters. The molecule has 100 valence electrons. The molecule has 0 aliphatic heterocycles. The van der Waals surface area contributed by atoms with E-state index in [1.165, 1.54) is 24.3 Å². The Labute approximate surface area is 113 Å². The summed E-state index contributed by atoms with van der Waals surface area (Å²) in [5.41, 5.74) is 4.92. The number of primary amides is 1. The molecule has 0 bridgehead atoms. The number of amides is 1. The number of nitrogens with zero attached hydrogens (tertiary/aromatic N) is 2. The number of hydrogen-bond donors (Lipinski definition) is 1. The third-order valence-corrected chi connectivity index (χ3v) is 4.05. The number of nitrogens with two attached hydrogens (primary N) is 1. The van der Waals surface area contributed by atoms with Crippen molar-refractivity contribution in [1.82, 2.24) is 10.1 Å². The lowest BCUT2D eigenvalue weighted by Crippen LogP contribution is -2.12. The van der Waals surface area contributed by atoms with Gasteiger partial charge in [-0.2, -0.15) is 4.98 Å². The number of carbonyl (C=O) groups excluding carboxylic acids is 1. The summed E-state index contributed by atoms with van der Waals surface area (Å²) in [4.78, 5) is 14.4. The monoisotopic (exact) mass is 301 g/mol. The number of carbonyl (C=O) groups is 1. The van der Waals surface area contributed by atoms with Gasteiger partial charge in [0.1, 0.15) is 5.75 Å². The minimum atomic E-state index is -3.64. The zero-order valence-electron chi connectivity index (χ0n) is 9.41. The van der Waals surface area contributed by atoms with E-state index in [0.29, 0.717) is 5.02 Å². The summed E-state index contributed by atoms with van der Waals surface area (Å²) in [7, 11) is -3.64. The summed E-state index contributed by atoms with van der Waals surface area (Å²) >= 11 is 5.67. The van der Waals surface area contributed by atoms with Gasteiger partial charge in [0, 0.05) is 5.02 Å². The van der Waals surface area contributed by atoms with Crippen LogP contribution in [0.4, 0.5) is 0 Å². The predicted octanol–water partition coefficient (Wildman–Crippen LogP) is 0.796. The average Bonchev–Trinajstić information content (AvgIpc) is 2.77. The molecule has 1 amide bonds. The van der Waals surface area contributed by atoms with Gasteiger partial charge in [0.05, 0.1) is 4.90 Å². The number of aromatic nitrogens is 2. The molecule has 1 aromatic carbocycles. The van der Waals surface area contributed by atoms with Crippen LogP contribution in [0, 0.1) is 0 Å². The van der Waals surface area contributed by atoms with Gasteiger partial charge in [-0.25, -0.2) is 8.42 Å². The second-order valence-electron chi connectivity index (χ2n) is 3.59. The molecule has 7 nitrogen and oxygen atoms in total. The van der Waals surface area contributed by atoms with Gasteiger partial charge in [0.2, 0.25) is 0 Å². The smallest absolute Gasteiger partial charge is 0.315 e. The topological polar surface area (TPSA) is 116 Å². The fourth-order valence-corrected chi connectivity index (χ4v) is 2.61. The van der Waals surface area contributed by atoms with Crippen molar-refractivity contribution < 1.29 is 17.7 Å². The van der Waals surface area contributed by atoms with E-state index < -0.39 is 27.4 Å². The summed E-state index contributed by atoms with van der Waals surface area (Å²) in [6.07, 6.45) is 0. The van der Waals surface area contributed by atoms with Crippen LogP contribution in [0.5, 0.6) is 0 Å². The van der Waals surface area contributed by atoms with Crippen molar-refractivity contribution in [3.8, 4) is 0 Å². The Kier molecular flexibility index (Phi) is 3.54. The highest BCUT2D eigenvalue weighted by Crippen LogP contribution is 2.17. The molecule has 9 heteroatoms. The zero-order valence-corrected chi connectivity index (χ0v) is 11.0. The molecule has 0 radical (unpaired) electrons. The highest BCUT2D eigenvalue weighted by atomic mass is 35.5. The summed E-state index contributed by atoms with van der Waals surface area (Å²) in [6.45, 7) is 0. The summed E-state index contributed by atoms with van der Waals surface area (Å²) in [5.74, 6) is -1.97. The summed E-state index contributed by atoms with van der Waals surface area (Å²) < 4.78 is 28.5. The highest BCUT2D eigenvalue weighted by molar-refractivity contribution is 7.90. The first-order valence-corrected chi connectivity index (χ1v) is 7.02. The van der Waals surface area contributed by atoms with E-state index in [1.807, 2.05) is 0 Å². The van der Waals surface area contributed by atoms with Crippen LogP contribution >= 0.6 is 11.6 Å². The molecule has 0 aliphatic carbocycles. The fourth-order valence-electron chi connectivity index (χ4n) is 1.31. The van der Waals surface area contributed by atoms with Gasteiger partial charge in [-0.15, -0.1) is 0 Å². The van der Waals surface area contributed by atoms with Gasteiger partial charge < -0.3 is 10.3 Å².